The average Bonchev–Trinajstić information content (AvgIpc) is 2.24. The van der Waals surface area contributed by atoms with E-state index in [9.17, 15) is 9.81 Å². The molecule has 0 aliphatic heterocycles. The Morgan fingerprint density at radius 2 is 1.27 bits per heavy atom. The molecule has 0 saturated heterocycles. The molecule has 0 atom stereocenters. The van der Waals surface area contributed by atoms with Crippen LogP contribution in [0.1, 0.15) is 0 Å². The molecule has 0 aliphatic carbocycles. The molecule has 0 bridgehead atoms. The maximum atomic E-state index is 9.79. The Morgan fingerprint density at radius 1 is 0.867 bits per heavy atom. The predicted octanol–water partition coefficient (Wildman–Crippen LogP) is -0.851. The van der Waals surface area contributed by atoms with Crippen molar-refractivity contribution in [3.8, 4) is 0 Å². The van der Waals surface area contributed by atoms with Crippen molar-refractivity contribution in [3.63, 3.8) is 0 Å². The molecule has 0 heterocycles. The fraction of sp³-hybridized carbons (Fsp3) is 1.00. The van der Waals surface area contributed by atoms with E-state index in [1.54, 1.807) is 0 Å². The minimum absolute atomic E-state index is 0.116. The molecular weight excluding hydrogens is 212 g/mol. The second-order valence-electron chi connectivity index (χ2n) is 2.82. The van der Waals surface area contributed by atoms with Crippen LogP contribution in [0.4, 0.5) is 0 Å². The Labute approximate surface area is 84.5 Å². The molecule has 4 N–H and O–H groups in total. The summed E-state index contributed by atoms with van der Waals surface area (Å²) in [6.07, 6.45) is 0. The van der Waals surface area contributed by atoms with Crippen LogP contribution >= 0.6 is 0 Å². The van der Waals surface area contributed by atoms with Crippen LogP contribution in [-0.2, 0) is 19.4 Å². The van der Waals surface area contributed by atoms with Gasteiger partial charge in [-0.2, -0.15) is 0 Å². The summed E-state index contributed by atoms with van der Waals surface area (Å²) in [5.41, 5.74) is -1.02. The fourth-order valence-corrected chi connectivity index (χ4v) is 0.930. The maximum Gasteiger partial charge on any atom is 0.155 e. The molecule has 0 amide bonds. The van der Waals surface area contributed by atoms with Crippen LogP contribution in [0.5, 0.6) is 0 Å². The zero-order chi connectivity index (χ0) is 11.6. The molecule has 0 spiro atoms. The summed E-state index contributed by atoms with van der Waals surface area (Å²) in [5, 5.41) is 4.37. The molecule has 0 aromatic heterocycles. The first-order valence-electron chi connectivity index (χ1n) is 3.77. The van der Waals surface area contributed by atoms with Crippen molar-refractivity contribution in [1.29, 1.82) is 0 Å². The zero-order valence-electron chi connectivity index (χ0n) is 7.83. The van der Waals surface area contributed by atoms with E-state index >= 15 is 0 Å². The van der Waals surface area contributed by atoms with Crippen molar-refractivity contribution in [3.05, 3.63) is 9.81 Å². The quantitative estimate of drug-likeness (QED) is 0.360. The number of hydrogen-bond acceptors (Lipinski definition) is 10. The first-order valence-corrected chi connectivity index (χ1v) is 3.77. The number of hydrogen-bond donors (Lipinski definition) is 2. The molecule has 88 valence electrons. The molecule has 0 rings (SSSR count). The van der Waals surface area contributed by atoms with Gasteiger partial charge in [0, 0.05) is 0 Å². The second kappa shape index (κ2) is 7.99. The van der Waals surface area contributed by atoms with E-state index in [1.807, 2.05) is 0 Å². The van der Waals surface area contributed by atoms with E-state index in [0.29, 0.717) is 0 Å². The predicted molar refractivity (Wildman–Crippen MR) is 46.2 cm³/mol. The topological polar surface area (TPSA) is 148 Å². The smallest absolute Gasteiger partial charge is 0.155 e. The van der Waals surface area contributed by atoms with Gasteiger partial charge in [-0.05, 0) is 0 Å². The van der Waals surface area contributed by atoms with Gasteiger partial charge in [0.05, 0.1) is 18.6 Å². The third kappa shape index (κ3) is 5.17. The van der Waals surface area contributed by atoms with E-state index in [-0.39, 0.29) is 26.4 Å². The second-order valence-corrected chi connectivity index (χ2v) is 2.82. The van der Waals surface area contributed by atoms with Crippen LogP contribution < -0.4 is 11.8 Å². The minimum atomic E-state index is -1.02. The van der Waals surface area contributed by atoms with Gasteiger partial charge in [0.25, 0.3) is 0 Å². The lowest BCUT2D eigenvalue weighted by Crippen LogP contribution is -2.42. The fourth-order valence-electron chi connectivity index (χ4n) is 0.930. The summed E-state index contributed by atoms with van der Waals surface area (Å²) in [7, 11) is 0. The summed E-state index contributed by atoms with van der Waals surface area (Å²) >= 11 is 0. The molecule has 0 unspecified atom stereocenters. The van der Waals surface area contributed by atoms with Crippen LogP contribution in [0.3, 0.4) is 0 Å². The molecule has 0 aromatic rings. The molecule has 15 heavy (non-hydrogen) atoms. The largest absolute Gasteiger partial charge is 0.363 e. The average molecular weight is 224 g/mol. The number of nitrogens with zero attached hydrogens (tertiary/aromatic N) is 2. The van der Waals surface area contributed by atoms with Crippen molar-refractivity contribution in [2.45, 2.75) is 0 Å². The summed E-state index contributed by atoms with van der Waals surface area (Å²) in [4.78, 5) is 36.9. The van der Waals surface area contributed by atoms with Crippen molar-refractivity contribution in [2.75, 3.05) is 26.4 Å². The molecular formula is C5H12N4O6. The Balaban J connectivity index is 4.38. The lowest BCUT2D eigenvalue weighted by molar-refractivity contribution is -0.109. The summed E-state index contributed by atoms with van der Waals surface area (Å²) in [5.74, 6) is 9.73. The molecule has 10 heteroatoms. The van der Waals surface area contributed by atoms with Crippen LogP contribution in [-0.4, -0.2) is 26.4 Å². The molecule has 0 fully saturated rings. The highest BCUT2D eigenvalue weighted by molar-refractivity contribution is 4.78. The third-order valence-corrected chi connectivity index (χ3v) is 1.63. The Morgan fingerprint density at radius 3 is 1.53 bits per heavy atom. The standard InChI is InChI=1S/C5H12N4O6/c6-12-1-5(2-13-7,3-14-8-10)4-15-9-11/h1-4,6-7H2. The van der Waals surface area contributed by atoms with Crippen LogP contribution in [0.2, 0.25) is 0 Å². The Kier molecular flexibility index (Phi) is 7.27. The first-order chi connectivity index (χ1) is 7.24. The Hall–Kier alpha value is -1.36. The zero-order valence-corrected chi connectivity index (χ0v) is 7.83. The van der Waals surface area contributed by atoms with Crippen molar-refractivity contribution in [2.24, 2.45) is 27.9 Å². The maximum absolute atomic E-state index is 9.79. The van der Waals surface area contributed by atoms with Gasteiger partial charge in [0.15, 0.2) is 10.7 Å². The van der Waals surface area contributed by atoms with E-state index < -0.39 is 5.41 Å². The minimum Gasteiger partial charge on any atom is -0.363 e. The van der Waals surface area contributed by atoms with Gasteiger partial charge in [-0.25, -0.2) is 11.8 Å². The molecule has 0 aliphatic rings. The highest BCUT2D eigenvalue weighted by Crippen LogP contribution is 2.19. The normalized spacial score (nSPS) is 10.8. The van der Waals surface area contributed by atoms with Gasteiger partial charge in [-0.3, -0.25) is 0 Å². The van der Waals surface area contributed by atoms with Crippen LogP contribution in [0.15, 0.2) is 10.7 Å². The van der Waals surface area contributed by atoms with E-state index in [4.69, 9.17) is 11.8 Å². The first kappa shape index (κ1) is 13.6. The molecule has 0 saturated carbocycles. The van der Waals surface area contributed by atoms with E-state index in [0.717, 1.165) is 0 Å². The van der Waals surface area contributed by atoms with E-state index in [2.05, 4.69) is 30.0 Å². The van der Waals surface area contributed by atoms with Crippen molar-refractivity contribution < 1.29 is 19.4 Å². The van der Waals surface area contributed by atoms with Gasteiger partial charge >= 0.3 is 0 Å². The van der Waals surface area contributed by atoms with Gasteiger partial charge in [-0.15, -0.1) is 9.81 Å². The van der Waals surface area contributed by atoms with Crippen molar-refractivity contribution >= 4 is 0 Å². The lowest BCUT2D eigenvalue weighted by atomic mass is 9.92. The summed E-state index contributed by atoms with van der Waals surface area (Å²) in [6, 6.07) is 0. The van der Waals surface area contributed by atoms with Gasteiger partial charge < -0.3 is 19.4 Å². The van der Waals surface area contributed by atoms with Gasteiger partial charge in [-0.1, -0.05) is 0 Å². The Bertz CT molecular complexity index is 170. The summed E-state index contributed by atoms with van der Waals surface area (Å²) in [6.45, 7) is -0.703. The van der Waals surface area contributed by atoms with Crippen LogP contribution in [0, 0.1) is 15.2 Å². The molecule has 10 nitrogen and oxygen atoms in total. The highest BCUT2D eigenvalue weighted by Gasteiger charge is 2.35. The monoisotopic (exact) mass is 224 g/mol. The highest BCUT2D eigenvalue weighted by atomic mass is 16.7. The van der Waals surface area contributed by atoms with Gasteiger partial charge in [0.1, 0.15) is 13.2 Å². The summed E-state index contributed by atoms with van der Waals surface area (Å²) < 4.78 is 0. The molecule has 0 aromatic carbocycles. The molecule has 0 radical (unpaired) electrons. The van der Waals surface area contributed by atoms with Crippen LogP contribution in [0.25, 0.3) is 0 Å². The lowest BCUT2D eigenvalue weighted by Gasteiger charge is -2.27. The third-order valence-electron chi connectivity index (χ3n) is 1.63. The number of nitrogens with two attached hydrogens (primary N) is 2. The van der Waals surface area contributed by atoms with Crippen molar-refractivity contribution in [1.82, 2.24) is 0 Å². The van der Waals surface area contributed by atoms with Gasteiger partial charge in [0.2, 0.25) is 0 Å². The van der Waals surface area contributed by atoms with E-state index in [1.165, 1.54) is 0 Å². The number of rotatable bonds is 10. The SMILES string of the molecule is NOCC(CON)(CON=O)CON=O.